The zero-order valence-corrected chi connectivity index (χ0v) is 10.2. The average molecular weight is 249 g/mol. The molecule has 0 unspecified atom stereocenters. The van der Waals surface area contributed by atoms with Crippen LogP contribution in [-0.4, -0.2) is 16.5 Å². The minimum Gasteiger partial charge on any atom is -0.354 e. The molecule has 0 amide bonds. The van der Waals surface area contributed by atoms with Crippen LogP contribution in [0, 0.1) is 18.6 Å². The number of hydrogen-bond donors (Lipinski definition) is 1. The maximum Gasteiger partial charge on any atom is 0.223 e. The highest BCUT2D eigenvalue weighted by atomic mass is 19.1. The summed E-state index contributed by atoms with van der Waals surface area (Å²) in [6.45, 7) is 4.12. The summed E-state index contributed by atoms with van der Waals surface area (Å²) in [6.07, 6.45) is 1.47. The number of hydrogen-bond acceptors (Lipinski definition) is 3. The van der Waals surface area contributed by atoms with E-state index in [1.807, 2.05) is 6.92 Å². The van der Waals surface area contributed by atoms with Gasteiger partial charge in [-0.1, -0.05) is 6.07 Å². The Morgan fingerprint density at radius 2 is 2.00 bits per heavy atom. The lowest BCUT2D eigenvalue weighted by Gasteiger charge is -2.08. The van der Waals surface area contributed by atoms with Crippen molar-refractivity contribution in [1.29, 1.82) is 0 Å². The van der Waals surface area contributed by atoms with E-state index in [4.69, 9.17) is 0 Å². The van der Waals surface area contributed by atoms with Gasteiger partial charge < -0.3 is 5.32 Å². The van der Waals surface area contributed by atoms with Gasteiger partial charge in [-0.15, -0.1) is 0 Å². The maximum atomic E-state index is 13.9. The zero-order chi connectivity index (χ0) is 13.1. The first-order chi connectivity index (χ1) is 8.63. The van der Waals surface area contributed by atoms with Crippen molar-refractivity contribution in [3.8, 4) is 11.3 Å². The van der Waals surface area contributed by atoms with Crippen molar-refractivity contribution >= 4 is 5.95 Å². The molecule has 0 atom stereocenters. The quantitative estimate of drug-likeness (QED) is 0.908. The fraction of sp³-hybridized carbons (Fsp3) is 0.231. The van der Waals surface area contributed by atoms with Crippen LogP contribution >= 0.6 is 0 Å². The number of aromatic nitrogens is 2. The largest absolute Gasteiger partial charge is 0.354 e. The molecule has 0 saturated heterocycles. The average Bonchev–Trinajstić information content (AvgIpc) is 2.35. The van der Waals surface area contributed by atoms with Gasteiger partial charge in [-0.3, -0.25) is 0 Å². The van der Waals surface area contributed by atoms with Crippen LogP contribution in [-0.2, 0) is 0 Å². The monoisotopic (exact) mass is 249 g/mol. The normalized spacial score (nSPS) is 10.4. The smallest absolute Gasteiger partial charge is 0.223 e. The topological polar surface area (TPSA) is 37.8 Å². The van der Waals surface area contributed by atoms with Gasteiger partial charge in [-0.05, 0) is 31.5 Å². The lowest BCUT2D eigenvalue weighted by Crippen LogP contribution is -2.03. The highest BCUT2D eigenvalue weighted by Crippen LogP contribution is 2.26. The Kier molecular flexibility index (Phi) is 3.50. The second-order valence-electron chi connectivity index (χ2n) is 3.85. The van der Waals surface area contributed by atoms with Gasteiger partial charge >= 0.3 is 0 Å². The Balaban J connectivity index is 2.55. The summed E-state index contributed by atoms with van der Waals surface area (Å²) in [6, 6.07) is 4.13. The van der Waals surface area contributed by atoms with E-state index in [9.17, 15) is 8.78 Å². The predicted octanol–water partition coefficient (Wildman–Crippen LogP) is 3.16. The van der Waals surface area contributed by atoms with Crippen LogP contribution in [0.1, 0.15) is 12.5 Å². The third kappa shape index (κ3) is 2.30. The Morgan fingerprint density at radius 3 is 2.72 bits per heavy atom. The van der Waals surface area contributed by atoms with E-state index in [2.05, 4.69) is 15.3 Å². The van der Waals surface area contributed by atoms with E-state index in [0.29, 0.717) is 18.1 Å². The molecule has 1 aromatic heterocycles. The molecule has 3 nitrogen and oxygen atoms in total. The molecule has 18 heavy (non-hydrogen) atoms. The number of rotatable bonds is 3. The minimum atomic E-state index is -0.626. The van der Waals surface area contributed by atoms with Crippen molar-refractivity contribution in [2.45, 2.75) is 13.8 Å². The Morgan fingerprint density at radius 1 is 1.22 bits per heavy atom. The Hall–Kier alpha value is -2.04. The van der Waals surface area contributed by atoms with E-state index in [0.717, 1.165) is 0 Å². The minimum absolute atomic E-state index is 0.114. The van der Waals surface area contributed by atoms with Gasteiger partial charge in [0.25, 0.3) is 0 Å². The summed E-state index contributed by atoms with van der Waals surface area (Å²) in [5.74, 6) is -0.856. The molecule has 0 bridgehead atoms. The molecule has 0 aliphatic heterocycles. The standard InChI is InChI=1S/C13H13F2N3/c1-3-16-13-17-7-6-10(18-13)11-9(14)5-4-8(2)12(11)15/h4-7H,3H2,1-2H3,(H,16,17,18). The number of benzene rings is 1. The summed E-state index contributed by atoms with van der Waals surface area (Å²) >= 11 is 0. The maximum absolute atomic E-state index is 13.9. The summed E-state index contributed by atoms with van der Waals surface area (Å²) in [4.78, 5) is 8.06. The molecular formula is C13H13F2N3. The van der Waals surface area contributed by atoms with Gasteiger partial charge in [0.15, 0.2) is 0 Å². The van der Waals surface area contributed by atoms with Crippen molar-refractivity contribution < 1.29 is 8.78 Å². The van der Waals surface area contributed by atoms with Gasteiger partial charge in [-0.2, -0.15) is 0 Å². The highest BCUT2D eigenvalue weighted by molar-refractivity contribution is 5.62. The van der Waals surface area contributed by atoms with Crippen LogP contribution < -0.4 is 5.32 Å². The van der Waals surface area contributed by atoms with E-state index >= 15 is 0 Å². The van der Waals surface area contributed by atoms with E-state index in [-0.39, 0.29) is 11.3 Å². The molecule has 0 saturated carbocycles. The van der Waals surface area contributed by atoms with E-state index < -0.39 is 11.6 Å². The van der Waals surface area contributed by atoms with Crippen LogP contribution in [0.3, 0.4) is 0 Å². The third-order valence-electron chi connectivity index (χ3n) is 2.53. The molecule has 2 rings (SSSR count). The molecule has 94 valence electrons. The van der Waals surface area contributed by atoms with Gasteiger partial charge in [0.05, 0.1) is 11.3 Å². The van der Waals surface area contributed by atoms with Crippen molar-refractivity contribution in [3.05, 3.63) is 41.6 Å². The van der Waals surface area contributed by atoms with E-state index in [1.54, 1.807) is 6.92 Å². The van der Waals surface area contributed by atoms with Crippen molar-refractivity contribution in [2.24, 2.45) is 0 Å². The van der Waals surface area contributed by atoms with E-state index in [1.165, 1.54) is 24.4 Å². The van der Waals surface area contributed by atoms with Crippen LogP contribution in [0.4, 0.5) is 14.7 Å². The summed E-state index contributed by atoms with van der Waals surface area (Å²) in [5, 5.41) is 2.90. The fourth-order valence-corrected chi connectivity index (χ4v) is 1.63. The summed E-state index contributed by atoms with van der Waals surface area (Å²) in [7, 11) is 0. The molecule has 0 fully saturated rings. The molecule has 1 N–H and O–H groups in total. The molecule has 0 aliphatic carbocycles. The lowest BCUT2D eigenvalue weighted by molar-refractivity contribution is 0.583. The molecule has 0 spiro atoms. The van der Waals surface area contributed by atoms with Crippen molar-refractivity contribution in [3.63, 3.8) is 0 Å². The summed E-state index contributed by atoms with van der Waals surface area (Å²) < 4.78 is 27.7. The fourth-order valence-electron chi connectivity index (χ4n) is 1.63. The van der Waals surface area contributed by atoms with Gasteiger partial charge in [0.1, 0.15) is 11.6 Å². The van der Waals surface area contributed by atoms with Crippen molar-refractivity contribution in [1.82, 2.24) is 9.97 Å². The number of halogens is 2. The summed E-state index contributed by atoms with van der Waals surface area (Å²) in [5.41, 5.74) is 0.506. The number of anilines is 1. The van der Waals surface area contributed by atoms with Crippen LogP contribution in [0.2, 0.25) is 0 Å². The van der Waals surface area contributed by atoms with Crippen LogP contribution in [0.5, 0.6) is 0 Å². The Labute approximate surface area is 104 Å². The number of aryl methyl sites for hydroxylation is 1. The molecular weight excluding hydrogens is 236 g/mol. The van der Waals surface area contributed by atoms with Crippen LogP contribution in [0.15, 0.2) is 24.4 Å². The second-order valence-corrected chi connectivity index (χ2v) is 3.85. The van der Waals surface area contributed by atoms with Gasteiger partial charge in [-0.25, -0.2) is 18.7 Å². The second kappa shape index (κ2) is 5.08. The molecule has 0 aliphatic rings. The number of nitrogens with one attached hydrogen (secondary N) is 1. The SMILES string of the molecule is CCNc1nccc(-c2c(F)ccc(C)c2F)n1. The van der Waals surface area contributed by atoms with Gasteiger partial charge in [0, 0.05) is 12.7 Å². The van der Waals surface area contributed by atoms with Crippen LogP contribution in [0.25, 0.3) is 11.3 Å². The first-order valence-electron chi connectivity index (χ1n) is 5.65. The molecule has 1 heterocycles. The molecule has 2 aromatic rings. The van der Waals surface area contributed by atoms with Gasteiger partial charge in [0.2, 0.25) is 5.95 Å². The predicted molar refractivity (Wildman–Crippen MR) is 66.3 cm³/mol. The molecule has 0 radical (unpaired) electrons. The third-order valence-corrected chi connectivity index (χ3v) is 2.53. The van der Waals surface area contributed by atoms with Crippen molar-refractivity contribution in [2.75, 3.05) is 11.9 Å². The lowest BCUT2D eigenvalue weighted by atomic mass is 10.1. The first-order valence-corrected chi connectivity index (χ1v) is 5.65. The Bertz CT molecular complexity index is 570. The first kappa shape index (κ1) is 12.4. The highest BCUT2D eigenvalue weighted by Gasteiger charge is 2.15. The number of nitrogens with zero attached hydrogens (tertiary/aromatic N) is 2. The zero-order valence-electron chi connectivity index (χ0n) is 10.2. The molecule has 1 aromatic carbocycles. The molecule has 5 heteroatoms.